The number of pyridine rings is 1. The fraction of sp³-hybridized carbons (Fsp3) is 0. The van der Waals surface area contributed by atoms with Crippen LogP contribution in [-0.4, -0.2) is 4.92 Å². The highest BCUT2D eigenvalue weighted by Gasteiger charge is 2.19. The topological polar surface area (TPSA) is 47.2 Å². The summed E-state index contributed by atoms with van der Waals surface area (Å²) in [5.41, 5.74) is 2.07. The summed E-state index contributed by atoms with van der Waals surface area (Å²) in [6.07, 6.45) is 1.56. The molecule has 19 heavy (non-hydrogen) atoms. The highest BCUT2D eigenvalue weighted by molar-refractivity contribution is 9.10. The Morgan fingerprint density at radius 3 is 2.58 bits per heavy atom. The molecule has 94 valence electrons. The smallest absolute Gasteiger partial charge is 0.258 e. The van der Waals surface area contributed by atoms with Crippen molar-refractivity contribution >= 4 is 37.8 Å². The van der Waals surface area contributed by atoms with Gasteiger partial charge in [0, 0.05) is 22.2 Å². The van der Waals surface area contributed by atoms with E-state index in [0.29, 0.717) is 0 Å². The van der Waals surface area contributed by atoms with Crippen molar-refractivity contribution in [3.05, 3.63) is 62.6 Å². The van der Waals surface area contributed by atoms with Crippen LogP contribution in [-0.2, 0) is 0 Å². The van der Waals surface area contributed by atoms with E-state index in [1.807, 2.05) is 34.0 Å². The van der Waals surface area contributed by atoms with E-state index in [4.69, 9.17) is 0 Å². The molecular formula is C13H8BrN2O2S+. The molecule has 0 fully saturated rings. The highest BCUT2D eigenvalue weighted by Crippen LogP contribution is 2.24. The van der Waals surface area contributed by atoms with Gasteiger partial charge in [0.25, 0.3) is 11.0 Å². The van der Waals surface area contributed by atoms with Gasteiger partial charge in [-0.05, 0) is 24.3 Å². The number of fused-ring (bicyclic) bond motifs is 1. The molecule has 4 nitrogen and oxygen atoms in total. The van der Waals surface area contributed by atoms with Crippen LogP contribution in [0.3, 0.4) is 0 Å². The molecule has 0 aliphatic carbocycles. The van der Waals surface area contributed by atoms with Crippen LogP contribution in [0.2, 0.25) is 0 Å². The van der Waals surface area contributed by atoms with Crippen LogP contribution in [0.25, 0.3) is 16.1 Å². The zero-order chi connectivity index (χ0) is 13.4. The molecule has 0 saturated carbocycles. The van der Waals surface area contributed by atoms with Crippen molar-refractivity contribution < 1.29 is 9.32 Å². The number of hydrogen-bond acceptors (Lipinski definition) is 3. The Hall–Kier alpha value is -1.79. The lowest BCUT2D eigenvalue weighted by Gasteiger charge is -1.95. The SMILES string of the molecule is O=[N+]([O-])c1ccc2scc(-c3ccc(Br)cc3)[n+]2c1. The molecule has 3 rings (SSSR count). The van der Waals surface area contributed by atoms with Gasteiger partial charge in [-0.25, -0.2) is 0 Å². The van der Waals surface area contributed by atoms with Gasteiger partial charge in [0.2, 0.25) is 5.69 Å². The summed E-state index contributed by atoms with van der Waals surface area (Å²) in [5.74, 6) is 0. The summed E-state index contributed by atoms with van der Waals surface area (Å²) >= 11 is 4.96. The first kappa shape index (κ1) is 12.3. The van der Waals surface area contributed by atoms with Gasteiger partial charge >= 0.3 is 5.69 Å². The van der Waals surface area contributed by atoms with Crippen molar-refractivity contribution in [1.82, 2.24) is 0 Å². The largest absolute Gasteiger partial charge is 0.333 e. The Kier molecular flexibility index (Phi) is 3.04. The van der Waals surface area contributed by atoms with Gasteiger partial charge in [-0.2, -0.15) is 0 Å². The van der Waals surface area contributed by atoms with Gasteiger partial charge in [0.15, 0.2) is 0 Å². The normalized spacial score (nSPS) is 10.8. The Morgan fingerprint density at radius 1 is 1.16 bits per heavy atom. The summed E-state index contributed by atoms with van der Waals surface area (Å²) in [7, 11) is 0. The number of rotatable bonds is 2. The van der Waals surface area contributed by atoms with Crippen molar-refractivity contribution in [2.24, 2.45) is 0 Å². The maximum atomic E-state index is 10.8. The molecule has 2 aromatic heterocycles. The van der Waals surface area contributed by atoms with Crippen LogP contribution < -0.4 is 4.40 Å². The number of benzene rings is 1. The molecule has 0 unspecified atom stereocenters. The van der Waals surface area contributed by atoms with Gasteiger partial charge in [0.05, 0.1) is 10.3 Å². The Labute approximate surface area is 121 Å². The number of nitrogens with zero attached hydrogens (tertiary/aromatic N) is 2. The number of hydrogen-bond donors (Lipinski definition) is 0. The van der Waals surface area contributed by atoms with Gasteiger partial charge in [-0.1, -0.05) is 27.3 Å². The fourth-order valence-corrected chi connectivity index (χ4v) is 3.03. The first-order valence-corrected chi connectivity index (χ1v) is 7.16. The molecule has 3 aromatic rings. The third kappa shape index (κ3) is 2.24. The van der Waals surface area contributed by atoms with Crippen LogP contribution in [0, 0.1) is 10.1 Å². The van der Waals surface area contributed by atoms with Crippen molar-refractivity contribution in [3.63, 3.8) is 0 Å². The monoisotopic (exact) mass is 335 g/mol. The van der Waals surface area contributed by atoms with E-state index < -0.39 is 0 Å². The average molecular weight is 336 g/mol. The van der Waals surface area contributed by atoms with Crippen LogP contribution in [0.5, 0.6) is 0 Å². The molecule has 0 radical (unpaired) electrons. The van der Waals surface area contributed by atoms with Crippen molar-refractivity contribution in [2.75, 3.05) is 0 Å². The summed E-state index contributed by atoms with van der Waals surface area (Å²) in [4.78, 5) is 11.4. The number of halogens is 1. The van der Waals surface area contributed by atoms with E-state index in [1.54, 1.807) is 23.6 Å². The lowest BCUT2D eigenvalue weighted by Crippen LogP contribution is -2.21. The molecule has 0 saturated heterocycles. The Bertz CT molecular complexity index is 768. The maximum Gasteiger partial charge on any atom is 0.333 e. The van der Waals surface area contributed by atoms with Gasteiger partial charge < -0.3 is 0 Å². The van der Waals surface area contributed by atoms with E-state index in [-0.39, 0.29) is 10.6 Å². The van der Waals surface area contributed by atoms with Crippen LogP contribution in [0.1, 0.15) is 0 Å². The zero-order valence-electron chi connectivity index (χ0n) is 9.62. The third-order valence-electron chi connectivity index (χ3n) is 2.80. The average Bonchev–Trinajstić information content (AvgIpc) is 2.82. The molecule has 6 heteroatoms. The molecule has 2 heterocycles. The first-order chi connectivity index (χ1) is 9.15. The predicted octanol–water partition coefficient (Wildman–Crippen LogP) is 3.82. The summed E-state index contributed by atoms with van der Waals surface area (Å²) in [5, 5.41) is 12.9. The van der Waals surface area contributed by atoms with E-state index >= 15 is 0 Å². The number of nitro groups is 1. The minimum Gasteiger partial charge on any atom is -0.258 e. The van der Waals surface area contributed by atoms with E-state index in [0.717, 1.165) is 20.6 Å². The van der Waals surface area contributed by atoms with E-state index in [2.05, 4.69) is 15.9 Å². The second kappa shape index (κ2) is 4.71. The van der Waals surface area contributed by atoms with Crippen molar-refractivity contribution in [2.45, 2.75) is 0 Å². The molecule has 0 amide bonds. The molecule has 0 atom stereocenters. The molecule has 0 N–H and O–H groups in total. The lowest BCUT2D eigenvalue weighted by molar-refractivity contribution is -0.505. The van der Waals surface area contributed by atoms with E-state index in [1.165, 1.54) is 6.07 Å². The molecule has 1 aromatic carbocycles. The number of aromatic nitrogens is 1. The van der Waals surface area contributed by atoms with Crippen molar-refractivity contribution in [1.29, 1.82) is 0 Å². The quantitative estimate of drug-likeness (QED) is 0.406. The minimum absolute atomic E-state index is 0.0919. The predicted molar refractivity (Wildman–Crippen MR) is 77.3 cm³/mol. The Balaban J connectivity index is 2.21. The summed E-state index contributed by atoms with van der Waals surface area (Å²) in [6.45, 7) is 0. The fourth-order valence-electron chi connectivity index (χ4n) is 1.87. The zero-order valence-corrected chi connectivity index (χ0v) is 12.0. The standard InChI is InChI=1S/C13H8BrN2O2S/c14-10-3-1-9(2-4-10)12-8-19-13-6-5-11(16(17)18)7-15(12)13/h1-8H/q+1. The summed E-state index contributed by atoms with van der Waals surface area (Å²) in [6, 6.07) is 11.2. The second-order valence-corrected chi connectivity index (χ2v) is 5.79. The number of thiazole rings is 1. The first-order valence-electron chi connectivity index (χ1n) is 5.48. The minimum atomic E-state index is -0.379. The van der Waals surface area contributed by atoms with E-state index in [9.17, 15) is 10.1 Å². The van der Waals surface area contributed by atoms with Crippen LogP contribution in [0.4, 0.5) is 5.69 Å². The molecular weight excluding hydrogens is 328 g/mol. The van der Waals surface area contributed by atoms with Crippen LogP contribution in [0.15, 0.2) is 52.4 Å². The molecule has 0 aliphatic heterocycles. The molecule has 0 spiro atoms. The van der Waals surface area contributed by atoms with Gasteiger partial charge in [-0.3, -0.25) is 10.1 Å². The Morgan fingerprint density at radius 2 is 1.89 bits per heavy atom. The third-order valence-corrected chi connectivity index (χ3v) is 4.24. The maximum absolute atomic E-state index is 10.8. The molecule has 0 aliphatic rings. The van der Waals surface area contributed by atoms with Gasteiger partial charge in [0.1, 0.15) is 0 Å². The lowest BCUT2D eigenvalue weighted by atomic mass is 10.2. The highest BCUT2D eigenvalue weighted by atomic mass is 79.9. The summed E-state index contributed by atoms with van der Waals surface area (Å²) < 4.78 is 2.86. The molecule has 0 bridgehead atoms. The van der Waals surface area contributed by atoms with Gasteiger partial charge in [-0.15, -0.1) is 4.40 Å². The second-order valence-electron chi connectivity index (χ2n) is 3.98. The van der Waals surface area contributed by atoms with Crippen LogP contribution >= 0.6 is 27.3 Å². The van der Waals surface area contributed by atoms with Crippen molar-refractivity contribution in [3.8, 4) is 11.3 Å².